The average Bonchev–Trinajstić information content (AvgIpc) is 2.76. The maximum absolute atomic E-state index is 4.12. The zero-order valence-corrected chi connectivity index (χ0v) is 9.21. The van der Waals surface area contributed by atoms with Crippen molar-refractivity contribution in [3.63, 3.8) is 0 Å². The number of benzene rings is 1. The van der Waals surface area contributed by atoms with Gasteiger partial charge in [-0.15, -0.1) is 11.7 Å². The lowest BCUT2D eigenvalue weighted by Crippen LogP contribution is -1.94. The molecule has 0 saturated heterocycles. The molecule has 3 nitrogen and oxygen atoms in total. The van der Waals surface area contributed by atoms with Gasteiger partial charge in [0.25, 0.3) is 0 Å². The minimum absolute atomic E-state index is 0.721. The highest BCUT2D eigenvalue weighted by molar-refractivity contribution is 5.15. The molecule has 0 aliphatic carbocycles. The molecule has 0 atom stereocenters. The van der Waals surface area contributed by atoms with Crippen LogP contribution in [0, 0.1) is 0 Å². The van der Waals surface area contributed by atoms with Crippen LogP contribution in [-0.4, -0.2) is 15.0 Å². The lowest BCUT2D eigenvalue weighted by atomic mass is 10.1. The normalized spacial score (nSPS) is 10.2. The van der Waals surface area contributed by atoms with Crippen LogP contribution in [-0.2, 0) is 19.4 Å². The summed E-state index contributed by atoms with van der Waals surface area (Å²) < 4.78 is 1.80. The van der Waals surface area contributed by atoms with Gasteiger partial charge in [0.2, 0.25) is 0 Å². The van der Waals surface area contributed by atoms with Gasteiger partial charge in [-0.3, -0.25) is 0 Å². The van der Waals surface area contributed by atoms with Gasteiger partial charge in [0, 0.05) is 6.20 Å². The van der Waals surface area contributed by atoms with Crippen LogP contribution in [0.15, 0.2) is 49.2 Å². The minimum atomic E-state index is 0.721. The van der Waals surface area contributed by atoms with Crippen molar-refractivity contribution in [3.8, 4) is 0 Å². The lowest BCUT2D eigenvalue weighted by Gasteiger charge is -1.97. The molecule has 1 aromatic carbocycles. The van der Waals surface area contributed by atoms with E-state index in [9.17, 15) is 0 Å². The zero-order chi connectivity index (χ0) is 11.2. The quantitative estimate of drug-likeness (QED) is 0.713. The van der Waals surface area contributed by atoms with Crippen LogP contribution in [0.2, 0.25) is 0 Å². The summed E-state index contributed by atoms with van der Waals surface area (Å²) in [6.07, 6.45) is 5.73. The minimum Gasteiger partial charge on any atom is -0.248 e. The summed E-state index contributed by atoms with van der Waals surface area (Å²) >= 11 is 0. The summed E-state index contributed by atoms with van der Waals surface area (Å²) in [5, 5.41) is 8.13. The number of rotatable bonds is 5. The molecular weight excluding hydrogens is 198 g/mol. The van der Waals surface area contributed by atoms with Crippen molar-refractivity contribution in [3.05, 3.63) is 60.4 Å². The molecule has 0 amide bonds. The summed E-state index contributed by atoms with van der Waals surface area (Å²) in [7, 11) is 0. The molecular formula is C13H15N3. The number of hydrogen-bond donors (Lipinski definition) is 0. The first-order chi connectivity index (χ1) is 7.88. The van der Waals surface area contributed by atoms with Gasteiger partial charge in [-0.25, -0.2) is 4.68 Å². The SMILES string of the molecule is C=CCn1cc(CCc2ccccc2)nn1. The van der Waals surface area contributed by atoms with Crippen molar-refractivity contribution in [2.75, 3.05) is 0 Å². The molecule has 0 bridgehead atoms. The van der Waals surface area contributed by atoms with Crippen molar-refractivity contribution in [1.29, 1.82) is 0 Å². The highest BCUT2D eigenvalue weighted by Crippen LogP contribution is 2.04. The highest BCUT2D eigenvalue weighted by atomic mass is 15.4. The van der Waals surface area contributed by atoms with E-state index in [4.69, 9.17) is 0 Å². The molecule has 0 spiro atoms. The second-order valence-electron chi connectivity index (χ2n) is 3.71. The topological polar surface area (TPSA) is 30.7 Å². The van der Waals surface area contributed by atoms with Gasteiger partial charge < -0.3 is 0 Å². The van der Waals surface area contributed by atoms with Gasteiger partial charge in [0.15, 0.2) is 0 Å². The molecule has 0 unspecified atom stereocenters. The third-order valence-corrected chi connectivity index (χ3v) is 2.41. The first-order valence-corrected chi connectivity index (χ1v) is 5.42. The Morgan fingerprint density at radius 3 is 2.75 bits per heavy atom. The van der Waals surface area contributed by atoms with Crippen LogP contribution < -0.4 is 0 Å². The van der Waals surface area contributed by atoms with Crippen LogP contribution in [0.25, 0.3) is 0 Å². The third kappa shape index (κ3) is 2.79. The molecule has 0 saturated carbocycles. The fourth-order valence-electron chi connectivity index (χ4n) is 1.59. The Hall–Kier alpha value is -1.90. The predicted molar refractivity (Wildman–Crippen MR) is 64.1 cm³/mol. The standard InChI is InChI=1S/C13H15N3/c1-2-10-16-11-13(14-15-16)9-8-12-6-4-3-5-7-12/h2-7,11H,1,8-10H2. The van der Waals surface area contributed by atoms with E-state index in [1.54, 1.807) is 4.68 Å². The van der Waals surface area contributed by atoms with Crippen LogP contribution in [0.5, 0.6) is 0 Å². The number of hydrogen-bond acceptors (Lipinski definition) is 2. The van der Waals surface area contributed by atoms with E-state index >= 15 is 0 Å². The second kappa shape index (κ2) is 5.26. The Bertz CT molecular complexity index is 445. The number of nitrogens with zero attached hydrogens (tertiary/aromatic N) is 3. The highest BCUT2D eigenvalue weighted by Gasteiger charge is 2.00. The molecule has 0 aliphatic heterocycles. The summed E-state index contributed by atoms with van der Waals surface area (Å²) in [6.45, 7) is 4.39. The molecule has 1 aromatic heterocycles. The summed E-state index contributed by atoms with van der Waals surface area (Å²) in [5.41, 5.74) is 2.37. The molecule has 2 aromatic rings. The van der Waals surface area contributed by atoms with E-state index in [0.717, 1.165) is 25.1 Å². The van der Waals surface area contributed by atoms with Crippen molar-refractivity contribution in [1.82, 2.24) is 15.0 Å². The van der Waals surface area contributed by atoms with Gasteiger partial charge in [-0.2, -0.15) is 0 Å². The summed E-state index contributed by atoms with van der Waals surface area (Å²) in [4.78, 5) is 0. The zero-order valence-electron chi connectivity index (χ0n) is 9.21. The largest absolute Gasteiger partial charge is 0.248 e. The monoisotopic (exact) mass is 213 g/mol. The fourth-order valence-corrected chi connectivity index (χ4v) is 1.59. The Morgan fingerprint density at radius 1 is 1.19 bits per heavy atom. The first kappa shape index (κ1) is 10.6. The molecule has 16 heavy (non-hydrogen) atoms. The van der Waals surface area contributed by atoms with E-state index in [2.05, 4.69) is 41.2 Å². The smallest absolute Gasteiger partial charge is 0.0830 e. The molecule has 0 N–H and O–H groups in total. The molecule has 0 fully saturated rings. The fraction of sp³-hybridized carbons (Fsp3) is 0.231. The molecule has 0 radical (unpaired) electrons. The van der Waals surface area contributed by atoms with Crippen molar-refractivity contribution in [2.45, 2.75) is 19.4 Å². The van der Waals surface area contributed by atoms with Crippen molar-refractivity contribution < 1.29 is 0 Å². The molecule has 3 heteroatoms. The van der Waals surface area contributed by atoms with E-state index in [1.165, 1.54) is 5.56 Å². The molecule has 2 rings (SSSR count). The second-order valence-corrected chi connectivity index (χ2v) is 3.71. The molecule has 82 valence electrons. The van der Waals surface area contributed by atoms with Gasteiger partial charge in [-0.1, -0.05) is 41.6 Å². The number of allylic oxidation sites excluding steroid dienone is 1. The Balaban J connectivity index is 1.92. The van der Waals surface area contributed by atoms with E-state index in [-0.39, 0.29) is 0 Å². The van der Waals surface area contributed by atoms with Gasteiger partial charge in [-0.05, 0) is 18.4 Å². The van der Waals surface area contributed by atoms with Crippen LogP contribution in [0.3, 0.4) is 0 Å². The average molecular weight is 213 g/mol. The predicted octanol–water partition coefficient (Wildman–Crippen LogP) is 2.25. The third-order valence-electron chi connectivity index (χ3n) is 2.41. The number of aryl methyl sites for hydroxylation is 2. The Kier molecular flexibility index (Phi) is 3.49. The molecule has 1 heterocycles. The summed E-state index contributed by atoms with van der Waals surface area (Å²) in [5.74, 6) is 0. The molecule has 0 aliphatic rings. The number of aromatic nitrogens is 3. The Morgan fingerprint density at radius 2 is 2.00 bits per heavy atom. The van der Waals surface area contributed by atoms with E-state index in [0.29, 0.717) is 0 Å². The van der Waals surface area contributed by atoms with Crippen LogP contribution >= 0.6 is 0 Å². The van der Waals surface area contributed by atoms with E-state index in [1.807, 2.05) is 18.3 Å². The summed E-state index contributed by atoms with van der Waals surface area (Å²) in [6, 6.07) is 10.4. The van der Waals surface area contributed by atoms with E-state index < -0.39 is 0 Å². The lowest BCUT2D eigenvalue weighted by molar-refractivity contribution is 0.661. The van der Waals surface area contributed by atoms with Gasteiger partial charge >= 0.3 is 0 Å². The Labute approximate surface area is 95.4 Å². The maximum Gasteiger partial charge on any atom is 0.0830 e. The van der Waals surface area contributed by atoms with Gasteiger partial charge in [0.05, 0.1) is 12.2 Å². The van der Waals surface area contributed by atoms with Crippen LogP contribution in [0.1, 0.15) is 11.3 Å². The van der Waals surface area contributed by atoms with Crippen molar-refractivity contribution >= 4 is 0 Å². The maximum atomic E-state index is 4.12. The van der Waals surface area contributed by atoms with Crippen molar-refractivity contribution in [2.24, 2.45) is 0 Å². The van der Waals surface area contributed by atoms with Gasteiger partial charge in [0.1, 0.15) is 0 Å². The first-order valence-electron chi connectivity index (χ1n) is 5.42. The van der Waals surface area contributed by atoms with Crippen LogP contribution in [0.4, 0.5) is 0 Å².